The molecule has 2 aromatic rings. The lowest BCUT2D eigenvalue weighted by Gasteiger charge is -2.28. The van der Waals surface area contributed by atoms with Crippen LogP contribution in [0.25, 0.3) is 4.85 Å². The first-order valence-electron chi connectivity index (χ1n) is 14.6. The van der Waals surface area contributed by atoms with E-state index in [2.05, 4.69) is 73.6 Å². The zero-order valence-electron chi connectivity index (χ0n) is 27.5. The summed E-state index contributed by atoms with van der Waals surface area (Å²) in [5, 5.41) is 21.2. The normalized spacial score (nSPS) is 11.9. The number of anilines is 2. The van der Waals surface area contributed by atoms with Crippen LogP contribution in [0.5, 0.6) is 0 Å². The van der Waals surface area contributed by atoms with Crippen LogP contribution in [0.1, 0.15) is 17.4 Å². The van der Waals surface area contributed by atoms with Crippen molar-refractivity contribution in [1.29, 1.82) is 5.26 Å². The van der Waals surface area contributed by atoms with Gasteiger partial charge in [0, 0.05) is 20.0 Å². The summed E-state index contributed by atoms with van der Waals surface area (Å²) in [5.41, 5.74) is 2.81. The highest BCUT2D eigenvalue weighted by Gasteiger charge is 2.17. The Balaban J connectivity index is 2.18. The molecule has 1 amide bonds. The number of nitrogens with one attached hydrogen (secondary N) is 1. The highest BCUT2D eigenvalue weighted by atomic mass is 32.1. The summed E-state index contributed by atoms with van der Waals surface area (Å²) in [6.45, 7) is 17.0. The highest BCUT2D eigenvalue weighted by molar-refractivity contribution is 7.17. The number of thiophene rings is 1. The van der Waals surface area contributed by atoms with Gasteiger partial charge in [-0.2, -0.15) is 15.5 Å². The molecule has 44 heavy (non-hydrogen) atoms. The highest BCUT2D eigenvalue weighted by Crippen LogP contribution is 2.42. The maximum absolute atomic E-state index is 12.2. The van der Waals surface area contributed by atoms with Gasteiger partial charge in [0.1, 0.15) is 24.2 Å². The van der Waals surface area contributed by atoms with Crippen molar-refractivity contribution in [2.45, 2.75) is 13.8 Å². The maximum atomic E-state index is 12.2. The third-order valence-electron chi connectivity index (χ3n) is 6.39. The lowest BCUT2D eigenvalue weighted by molar-refractivity contribution is -0.870. The zero-order valence-corrected chi connectivity index (χ0v) is 28.3. The second kappa shape index (κ2) is 17.8. The number of likely N-dealkylation sites (N-methyl/N-ethyl adjacent to an activating group) is 2. The predicted molar refractivity (Wildman–Crippen MR) is 175 cm³/mol. The van der Waals surface area contributed by atoms with Crippen LogP contribution < -0.4 is 10.2 Å². The van der Waals surface area contributed by atoms with Crippen molar-refractivity contribution in [3.8, 4) is 6.07 Å². The van der Waals surface area contributed by atoms with Gasteiger partial charge in [-0.05, 0) is 30.7 Å². The van der Waals surface area contributed by atoms with Crippen molar-refractivity contribution in [2.24, 2.45) is 10.2 Å². The van der Waals surface area contributed by atoms with Gasteiger partial charge < -0.3 is 33.4 Å². The van der Waals surface area contributed by atoms with E-state index in [1.807, 2.05) is 6.07 Å². The van der Waals surface area contributed by atoms with Crippen LogP contribution >= 0.6 is 11.3 Å². The van der Waals surface area contributed by atoms with Crippen LogP contribution in [0.15, 0.2) is 28.4 Å². The van der Waals surface area contributed by atoms with Crippen molar-refractivity contribution in [3.05, 3.63) is 40.1 Å². The Morgan fingerprint density at radius 3 is 2.07 bits per heavy atom. The summed E-state index contributed by atoms with van der Waals surface area (Å²) in [6.07, 6.45) is 0. The Labute approximate surface area is 266 Å². The lowest BCUT2D eigenvalue weighted by Crippen LogP contribution is -2.38. The average Bonchev–Trinajstić information content (AvgIpc) is 3.24. The van der Waals surface area contributed by atoms with Gasteiger partial charge in [0.05, 0.1) is 110 Å². The molecule has 0 unspecified atom stereocenters. The molecule has 0 atom stereocenters. The quantitative estimate of drug-likeness (QED) is 0.100. The molecule has 0 aliphatic heterocycles. The van der Waals surface area contributed by atoms with Gasteiger partial charge in [-0.15, -0.1) is 11.3 Å². The zero-order chi connectivity index (χ0) is 32.8. The summed E-state index contributed by atoms with van der Waals surface area (Å²) in [4.78, 5) is 18.2. The van der Waals surface area contributed by atoms with Crippen LogP contribution in [0.4, 0.5) is 27.8 Å². The van der Waals surface area contributed by atoms with Gasteiger partial charge in [0.2, 0.25) is 11.6 Å². The third-order valence-corrected chi connectivity index (χ3v) is 7.46. The number of carbonyl (C=O) groups is 1. The minimum atomic E-state index is -0.218. The number of azo groups is 1. The first-order chi connectivity index (χ1) is 20.7. The van der Waals surface area contributed by atoms with E-state index >= 15 is 0 Å². The molecule has 0 spiro atoms. The van der Waals surface area contributed by atoms with Gasteiger partial charge in [-0.1, -0.05) is 0 Å². The van der Waals surface area contributed by atoms with E-state index in [1.54, 1.807) is 19.1 Å². The molecule has 12 nitrogen and oxygen atoms in total. The van der Waals surface area contributed by atoms with Gasteiger partial charge in [0.25, 0.3) is 0 Å². The molecule has 1 heterocycles. The van der Waals surface area contributed by atoms with E-state index in [-0.39, 0.29) is 5.91 Å². The van der Waals surface area contributed by atoms with Gasteiger partial charge in [0.15, 0.2) is 0 Å². The number of amides is 1. The molecule has 0 fully saturated rings. The first-order valence-corrected chi connectivity index (χ1v) is 15.4. The number of nitriles is 1. The molecule has 1 aromatic carbocycles. The predicted octanol–water partition coefficient (Wildman–Crippen LogP) is 5.12. The maximum Gasteiger partial charge on any atom is 0.229 e. The first kappa shape index (κ1) is 36.8. The number of hydrogen-bond acceptors (Lipinski definition) is 9. The molecule has 0 bridgehead atoms. The second-order valence-electron chi connectivity index (χ2n) is 12.4. The minimum Gasteiger partial charge on any atom is -0.377 e. The van der Waals surface area contributed by atoms with E-state index in [1.165, 1.54) is 6.92 Å². The van der Waals surface area contributed by atoms with Gasteiger partial charge in [-0.25, -0.2) is 4.85 Å². The Morgan fingerprint density at radius 1 is 0.977 bits per heavy atom. The molecule has 1 N–H and O–H groups in total. The van der Waals surface area contributed by atoms with E-state index in [4.69, 9.17) is 20.8 Å². The topological polar surface area (TPSA) is 113 Å². The van der Waals surface area contributed by atoms with Crippen molar-refractivity contribution in [3.63, 3.8) is 0 Å². The van der Waals surface area contributed by atoms with Crippen molar-refractivity contribution < 1.29 is 28.0 Å². The van der Waals surface area contributed by atoms with E-state index in [0.29, 0.717) is 85.2 Å². The molecule has 0 saturated heterocycles. The van der Waals surface area contributed by atoms with Crippen molar-refractivity contribution in [1.82, 2.24) is 0 Å². The van der Waals surface area contributed by atoms with Crippen LogP contribution in [-0.4, -0.2) is 123 Å². The summed E-state index contributed by atoms with van der Waals surface area (Å²) in [6, 6.07) is 7.54. The Morgan fingerprint density at radius 2 is 1.55 bits per heavy atom. The largest absolute Gasteiger partial charge is 0.377 e. The summed E-state index contributed by atoms with van der Waals surface area (Å²) >= 11 is 1.13. The van der Waals surface area contributed by atoms with Crippen LogP contribution in [0.3, 0.4) is 0 Å². The number of rotatable bonds is 19. The molecule has 13 heteroatoms. The number of benzene rings is 1. The molecule has 0 aliphatic carbocycles. The fourth-order valence-corrected chi connectivity index (χ4v) is 4.72. The molecular formula is C31H48N8O4S+2. The van der Waals surface area contributed by atoms with Crippen LogP contribution in [-0.2, 0) is 19.0 Å². The average molecular weight is 629 g/mol. The summed E-state index contributed by atoms with van der Waals surface area (Å²) < 4.78 is 19.2. The van der Waals surface area contributed by atoms with Crippen molar-refractivity contribution >= 4 is 45.0 Å². The molecule has 1 aromatic heterocycles. The lowest BCUT2D eigenvalue weighted by atomic mass is 10.2. The van der Waals surface area contributed by atoms with E-state index < -0.39 is 0 Å². The molecule has 240 valence electrons. The summed E-state index contributed by atoms with van der Waals surface area (Å²) in [5.74, 6) is -0.218. The molecule has 0 aliphatic rings. The fourth-order valence-electron chi connectivity index (χ4n) is 3.85. The molecule has 0 radical (unpaired) electrons. The van der Waals surface area contributed by atoms with Crippen molar-refractivity contribution in [2.75, 3.05) is 118 Å². The molecule has 0 saturated carbocycles. The Bertz CT molecular complexity index is 1330. The number of hydrogen-bond donors (Lipinski definition) is 1. The Hall–Kier alpha value is -3.43. The van der Waals surface area contributed by atoms with Gasteiger partial charge in [-0.3, -0.25) is 4.79 Å². The molecule has 2 rings (SSSR count). The van der Waals surface area contributed by atoms with Crippen LogP contribution in [0, 0.1) is 24.8 Å². The number of ether oxygens (including phenoxy) is 3. The van der Waals surface area contributed by atoms with E-state index in [9.17, 15) is 10.1 Å². The summed E-state index contributed by atoms with van der Waals surface area (Å²) in [7, 11) is 12.8. The molecular weight excluding hydrogens is 580 g/mol. The standard InChI is InChI=1S/C31H47N8O4S/c1-24-29(23-32)44-31(30(24)33-3)36-35-26-10-11-28(27(22-26)34-25(2)40)37(12-16-41-18-14-38(4,5)6)13-17-42-20-21-43-19-15-39(7,8)9/h10-11,22H,12-21H2,1-2,4-9H3/q+1/p+1/b36-35+. The smallest absolute Gasteiger partial charge is 0.229 e. The number of quaternary nitrogens is 2. The van der Waals surface area contributed by atoms with E-state index in [0.717, 1.165) is 39.1 Å². The number of carbonyl (C=O) groups excluding carboxylic acids is 1. The van der Waals surface area contributed by atoms with Crippen LogP contribution in [0.2, 0.25) is 0 Å². The Kier molecular flexibility index (Phi) is 14.8. The fraction of sp³-hybridized carbons (Fsp3) is 0.581. The monoisotopic (exact) mass is 628 g/mol. The SMILES string of the molecule is [C-]#[N+]c1c(/N=N/c2ccc(N(CCOCCOCC[N+](C)(C)C)CCOCC[N+](C)(C)C)c(NC(C)=O)c2)sc(C#N)c1C. The van der Waals surface area contributed by atoms with Gasteiger partial charge >= 0.3 is 0 Å². The minimum absolute atomic E-state index is 0.218. The third kappa shape index (κ3) is 13.5. The second-order valence-corrected chi connectivity index (χ2v) is 13.4. The number of nitrogens with zero attached hydrogens (tertiary/aromatic N) is 7.